The zero-order valence-electron chi connectivity index (χ0n) is 17.8. The number of carboxylic acid groups (broad SMARTS) is 1. The van der Waals surface area contributed by atoms with Crippen LogP contribution in [0.25, 0.3) is 22.5 Å². The average Bonchev–Trinajstić information content (AvgIpc) is 3.50. The van der Waals surface area contributed by atoms with Crippen molar-refractivity contribution in [2.24, 2.45) is 0 Å². The van der Waals surface area contributed by atoms with Crippen LogP contribution in [-0.2, 0) is 11.3 Å². The molecule has 0 aliphatic rings. The molecular formula is C23H25N7O2. The molecule has 32 heavy (non-hydrogen) atoms. The summed E-state index contributed by atoms with van der Waals surface area (Å²) in [4.78, 5) is 15.5. The molecule has 164 valence electrons. The molecule has 0 spiro atoms. The average molecular weight is 432 g/mol. The molecule has 0 amide bonds. The number of aromatic nitrogens is 7. The summed E-state index contributed by atoms with van der Waals surface area (Å²) in [5.41, 5.74) is 4.08. The zero-order valence-corrected chi connectivity index (χ0v) is 17.8. The van der Waals surface area contributed by atoms with Crippen LogP contribution < -0.4 is 0 Å². The third-order valence-corrected chi connectivity index (χ3v) is 5.47. The second-order valence-corrected chi connectivity index (χ2v) is 7.67. The Morgan fingerprint density at radius 1 is 1.09 bits per heavy atom. The molecule has 9 heteroatoms. The van der Waals surface area contributed by atoms with Crippen molar-refractivity contribution in [3.8, 4) is 22.5 Å². The third-order valence-electron chi connectivity index (χ3n) is 5.47. The minimum absolute atomic E-state index is 0.0831. The van der Waals surface area contributed by atoms with Crippen LogP contribution >= 0.6 is 0 Å². The van der Waals surface area contributed by atoms with Gasteiger partial charge in [0.1, 0.15) is 12.2 Å². The summed E-state index contributed by atoms with van der Waals surface area (Å²) in [7, 11) is 0. The van der Waals surface area contributed by atoms with Gasteiger partial charge in [0.2, 0.25) is 5.82 Å². The van der Waals surface area contributed by atoms with Crippen molar-refractivity contribution in [1.29, 1.82) is 0 Å². The molecule has 4 rings (SSSR count). The van der Waals surface area contributed by atoms with Crippen LogP contribution in [0.2, 0.25) is 0 Å². The van der Waals surface area contributed by atoms with Gasteiger partial charge >= 0.3 is 5.97 Å². The summed E-state index contributed by atoms with van der Waals surface area (Å²) < 4.78 is 1.88. The van der Waals surface area contributed by atoms with Crippen molar-refractivity contribution in [2.45, 2.75) is 45.1 Å². The Labute approximate surface area is 185 Å². The van der Waals surface area contributed by atoms with Gasteiger partial charge in [-0.1, -0.05) is 61.9 Å². The number of rotatable bonds is 10. The number of aromatic amines is 1. The fourth-order valence-electron chi connectivity index (χ4n) is 3.93. The molecule has 2 aromatic carbocycles. The summed E-state index contributed by atoms with van der Waals surface area (Å²) in [5.74, 6) is 0.702. The van der Waals surface area contributed by atoms with E-state index >= 15 is 0 Å². The van der Waals surface area contributed by atoms with E-state index in [4.69, 9.17) is 5.11 Å². The van der Waals surface area contributed by atoms with Crippen LogP contribution in [0.5, 0.6) is 0 Å². The first-order chi connectivity index (χ1) is 15.7. The highest BCUT2D eigenvalue weighted by molar-refractivity contribution is 5.80. The first kappa shape index (κ1) is 21.4. The van der Waals surface area contributed by atoms with Crippen molar-refractivity contribution >= 4 is 5.97 Å². The van der Waals surface area contributed by atoms with Crippen LogP contribution in [0.3, 0.4) is 0 Å². The fraction of sp³-hybridized carbons (Fsp3) is 0.304. The molecular weight excluding hydrogens is 406 g/mol. The van der Waals surface area contributed by atoms with E-state index in [1.807, 2.05) is 28.9 Å². The number of H-pyrrole nitrogens is 1. The fourth-order valence-corrected chi connectivity index (χ4v) is 3.93. The van der Waals surface area contributed by atoms with Gasteiger partial charge in [-0.2, -0.15) is 10.3 Å². The highest BCUT2D eigenvalue weighted by Crippen LogP contribution is 2.30. The highest BCUT2D eigenvalue weighted by atomic mass is 16.4. The van der Waals surface area contributed by atoms with E-state index < -0.39 is 5.97 Å². The van der Waals surface area contributed by atoms with Crippen LogP contribution in [0, 0.1) is 0 Å². The molecule has 2 heterocycles. The van der Waals surface area contributed by atoms with Crippen LogP contribution in [0.15, 0.2) is 54.9 Å². The lowest BCUT2D eigenvalue weighted by molar-refractivity contribution is -0.137. The lowest BCUT2D eigenvalue weighted by Gasteiger charge is -2.16. The number of carbonyl (C=O) groups is 1. The van der Waals surface area contributed by atoms with Gasteiger partial charge in [-0.15, -0.1) is 10.2 Å². The minimum Gasteiger partial charge on any atom is -0.481 e. The van der Waals surface area contributed by atoms with Crippen molar-refractivity contribution in [2.75, 3.05) is 0 Å². The SMILES string of the molecule is CCCC(CCC(=O)O)c1ncnn1Cc1ccc(-c2ccccc2-c2nn[nH]n2)cc1. The van der Waals surface area contributed by atoms with E-state index in [0.717, 1.165) is 40.9 Å². The van der Waals surface area contributed by atoms with Crippen LogP contribution in [0.4, 0.5) is 0 Å². The number of nitrogens with zero attached hydrogens (tertiary/aromatic N) is 6. The summed E-state index contributed by atoms with van der Waals surface area (Å²) in [6.45, 7) is 2.68. The third kappa shape index (κ3) is 4.88. The van der Waals surface area contributed by atoms with Gasteiger partial charge in [-0.25, -0.2) is 9.67 Å². The lowest BCUT2D eigenvalue weighted by atomic mass is 9.96. The van der Waals surface area contributed by atoms with Gasteiger partial charge in [0.05, 0.1) is 6.54 Å². The number of tetrazole rings is 1. The Kier molecular flexibility index (Phi) is 6.64. The second-order valence-electron chi connectivity index (χ2n) is 7.67. The molecule has 0 aliphatic heterocycles. The molecule has 2 N–H and O–H groups in total. The van der Waals surface area contributed by atoms with Gasteiger partial charge in [0, 0.05) is 17.9 Å². The maximum absolute atomic E-state index is 11.0. The lowest BCUT2D eigenvalue weighted by Crippen LogP contribution is -2.13. The van der Waals surface area contributed by atoms with E-state index in [1.54, 1.807) is 6.33 Å². The van der Waals surface area contributed by atoms with Gasteiger partial charge in [-0.3, -0.25) is 4.79 Å². The topological polar surface area (TPSA) is 122 Å². The van der Waals surface area contributed by atoms with Gasteiger partial charge in [0.15, 0.2) is 0 Å². The first-order valence-electron chi connectivity index (χ1n) is 10.7. The number of hydrogen-bond donors (Lipinski definition) is 2. The molecule has 1 atom stereocenters. The molecule has 0 fully saturated rings. The molecule has 2 aromatic heterocycles. The van der Waals surface area contributed by atoms with Crippen molar-refractivity contribution < 1.29 is 9.90 Å². The molecule has 0 bridgehead atoms. The van der Waals surface area contributed by atoms with Crippen LogP contribution in [-0.4, -0.2) is 46.5 Å². The second kappa shape index (κ2) is 9.95. The molecule has 1 unspecified atom stereocenters. The van der Waals surface area contributed by atoms with E-state index in [-0.39, 0.29) is 12.3 Å². The minimum atomic E-state index is -0.783. The monoisotopic (exact) mass is 431 g/mol. The molecule has 0 aliphatic carbocycles. The Hall–Kier alpha value is -3.88. The van der Waals surface area contributed by atoms with E-state index in [0.29, 0.717) is 18.8 Å². The van der Waals surface area contributed by atoms with Crippen molar-refractivity contribution in [1.82, 2.24) is 35.4 Å². The van der Waals surface area contributed by atoms with Crippen molar-refractivity contribution in [3.63, 3.8) is 0 Å². The normalized spacial score (nSPS) is 12.0. The Balaban J connectivity index is 1.54. The predicted molar refractivity (Wildman–Crippen MR) is 119 cm³/mol. The number of hydrogen-bond acceptors (Lipinski definition) is 6. The molecule has 0 saturated carbocycles. The van der Waals surface area contributed by atoms with Crippen LogP contribution in [0.1, 0.15) is 49.9 Å². The number of benzene rings is 2. The van der Waals surface area contributed by atoms with Gasteiger partial charge in [-0.05, 0) is 34.7 Å². The number of aliphatic carboxylic acids is 1. The van der Waals surface area contributed by atoms with Gasteiger partial charge in [0.25, 0.3) is 0 Å². The molecule has 0 saturated heterocycles. The Morgan fingerprint density at radius 3 is 2.56 bits per heavy atom. The zero-order chi connectivity index (χ0) is 22.3. The largest absolute Gasteiger partial charge is 0.481 e. The number of carboxylic acids is 1. The summed E-state index contributed by atoms with van der Waals surface area (Å²) >= 11 is 0. The summed E-state index contributed by atoms with van der Waals surface area (Å²) in [6.07, 6.45) is 4.09. The van der Waals surface area contributed by atoms with E-state index in [1.165, 1.54) is 0 Å². The maximum Gasteiger partial charge on any atom is 0.303 e. The quantitative estimate of drug-likeness (QED) is 0.390. The first-order valence-corrected chi connectivity index (χ1v) is 10.7. The smallest absolute Gasteiger partial charge is 0.303 e. The molecule has 9 nitrogen and oxygen atoms in total. The summed E-state index contributed by atoms with van der Waals surface area (Å²) in [5, 5.41) is 27.9. The Bertz CT molecular complexity index is 1150. The van der Waals surface area contributed by atoms with E-state index in [2.05, 4.69) is 61.9 Å². The standard InChI is InChI=1S/C23H25N7O2/c1-2-5-18(12-13-21(31)32)23-24-15-25-30(23)14-16-8-10-17(11-9-16)19-6-3-4-7-20(19)22-26-28-29-27-22/h3-4,6-11,15,18H,2,5,12-14H2,1H3,(H,31,32)(H,26,27,28,29). The summed E-state index contributed by atoms with van der Waals surface area (Å²) in [6, 6.07) is 16.2. The maximum atomic E-state index is 11.0. The van der Waals surface area contributed by atoms with Gasteiger partial charge < -0.3 is 5.11 Å². The molecule has 0 radical (unpaired) electrons. The molecule has 4 aromatic rings. The highest BCUT2D eigenvalue weighted by Gasteiger charge is 2.19. The number of nitrogens with one attached hydrogen (secondary N) is 1. The van der Waals surface area contributed by atoms with E-state index in [9.17, 15) is 4.79 Å². The Morgan fingerprint density at radius 2 is 1.88 bits per heavy atom. The van der Waals surface area contributed by atoms with Crippen molar-refractivity contribution in [3.05, 3.63) is 66.2 Å². The predicted octanol–water partition coefficient (Wildman–Crippen LogP) is 3.92.